The van der Waals surface area contributed by atoms with Gasteiger partial charge in [-0.05, 0) is 250 Å². The lowest BCUT2D eigenvalue weighted by molar-refractivity contribution is 0.411. The van der Waals surface area contributed by atoms with Crippen LogP contribution in [0.4, 0.5) is 5.69 Å². The van der Waals surface area contributed by atoms with Gasteiger partial charge in [-0.15, -0.1) is 0 Å². The number of aryl methyl sites for hydroxylation is 8. The average Bonchev–Trinajstić information content (AvgIpc) is 1.60. The van der Waals surface area contributed by atoms with E-state index in [9.17, 15) is 5.26 Å². The lowest BCUT2D eigenvalue weighted by Crippen LogP contribution is -2.19. The molecule has 4 heterocycles. The van der Waals surface area contributed by atoms with Crippen LogP contribution < -0.4 is 0 Å². The first kappa shape index (κ1) is 53.8. The molecule has 7 aromatic carbocycles. The lowest BCUT2D eigenvalue weighted by atomic mass is 9.77. The Morgan fingerprint density at radius 2 is 0.857 bits per heavy atom. The molecule has 4 aliphatic carbocycles. The fraction of sp³-hybridized carbons (Fsp3) is 0.450. The average molecular weight is 1100 g/mol. The predicted molar refractivity (Wildman–Crippen MR) is 357 cm³/mol. The molecular weight excluding hydrogens is 1020 g/mol. The maximum Gasteiger partial charge on any atom is 0.193 e. The molecular formula is C80H86N4. The fourth-order valence-electron chi connectivity index (χ4n) is 19.1. The maximum absolute atomic E-state index is 11.6. The highest BCUT2D eigenvalue weighted by Crippen LogP contribution is 2.60. The van der Waals surface area contributed by atoms with E-state index in [0.717, 1.165) is 88.3 Å². The first-order chi connectivity index (χ1) is 40.5. The van der Waals surface area contributed by atoms with Gasteiger partial charge in [0.1, 0.15) is 0 Å². The van der Waals surface area contributed by atoms with Gasteiger partial charge < -0.3 is 8.80 Å². The highest BCUT2D eigenvalue weighted by Gasteiger charge is 2.46. The van der Waals surface area contributed by atoms with Gasteiger partial charge in [-0.25, -0.2) is 4.85 Å². The number of benzene rings is 7. The Hall–Kier alpha value is -6.88. The molecule has 0 atom stereocenters. The fourth-order valence-corrected chi connectivity index (χ4v) is 19.1. The third-order valence-electron chi connectivity index (χ3n) is 22.3. The summed E-state index contributed by atoms with van der Waals surface area (Å²) in [4.78, 5) is 4.59. The Morgan fingerprint density at radius 3 is 1.23 bits per heavy atom. The van der Waals surface area contributed by atoms with E-state index in [2.05, 4.69) is 163 Å². The van der Waals surface area contributed by atoms with Crippen LogP contribution in [0, 0.1) is 28.7 Å². The van der Waals surface area contributed by atoms with Crippen molar-refractivity contribution in [1.82, 2.24) is 8.80 Å². The molecule has 0 aliphatic heterocycles. The second-order valence-electron chi connectivity index (χ2n) is 29.6. The van der Waals surface area contributed by atoms with Crippen molar-refractivity contribution in [3.8, 4) is 28.3 Å². The van der Waals surface area contributed by atoms with Gasteiger partial charge in [0.25, 0.3) is 0 Å². The summed E-state index contributed by atoms with van der Waals surface area (Å²) in [6, 6.07) is 28.3. The molecule has 0 bridgehead atoms. The van der Waals surface area contributed by atoms with Crippen LogP contribution in [0.15, 0.2) is 60.7 Å². The van der Waals surface area contributed by atoms with Gasteiger partial charge >= 0.3 is 0 Å². The van der Waals surface area contributed by atoms with Crippen molar-refractivity contribution in [3.63, 3.8) is 0 Å². The molecule has 2 spiro atoms. The van der Waals surface area contributed by atoms with Crippen LogP contribution in [-0.2, 0) is 75.0 Å². The number of rotatable bonds is 10. The number of fused-ring (bicyclic) bond motifs is 18. The van der Waals surface area contributed by atoms with E-state index in [1.54, 1.807) is 0 Å². The summed E-state index contributed by atoms with van der Waals surface area (Å²) in [5.74, 6) is 0. The minimum atomic E-state index is -0.0828. The standard InChI is InChI=1S/C80H86N4/c1-14-45-32-47(16-3)65(48(17-4)33-45)51-36-56-67-54-24-30-79(26-20-21-27-79)71(54)53(44-81)40-63(67)83-73(56)58(38-51)69-61(43-78(10,11)12)76-70(60(75(69)83)42-77(7,8)9)59-39-52(66-49(18-5)34-46(15-2)35-50(66)19-6)37-57-68-55-25-31-80(28-22-23-29-80)72(55)62(82-13)41-64(68)84(76)74(57)59/h32-41H,14-31,42-43H2,1-12H3. The van der Waals surface area contributed by atoms with Crippen LogP contribution >= 0.6 is 0 Å². The molecule has 15 rings (SSSR count). The number of aromatic nitrogens is 2. The van der Waals surface area contributed by atoms with E-state index in [1.165, 1.54) is 217 Å². The van der Waals surface area contributed by atoms with Crippen LogP contribution in [0.5, 0.6) is 0 Å². The lowest BCUT2D eigenvalue weighted by Gasteiger charge is -2.26. The van der Waals surface area contributed by atoms with Crippen LogP contribution in [0.2, 0.25) is 0 Å². The van der Waals surface area contributed by atoms with Crippen molar-refractivity contribution in [1.29, 1.82) is 5.26 Å². The van der Waals surface area contributed by atoms with E-state index in [0.29, 0.717) is 0 Å². The number of nitriles is 1. The molecule has 0 radical (unpaired) electrons. The summed E-state index contributed by atoms with van der Waals surface area (Å²) in [5, 5.41) is 22.6. The Morgan fingerprint density at radius 1 is 0.476 bits per heavy atom. The molecule has 4 heteroatoms. The van der Waals surface area contributed by atoms with Crippen molar-refractivity contribution in [2.75, 3.05) is 0 Å². The minimum Gasteiger partial charge on any atom is -0.309 e. The molecule has 2 saturated carbocycles. The van der Waals surface area contributed by atoms with Gasteiger partial charge in [-0.2, -0.15) is 5.26 Å². The third kappa shape index (κ3) is 7.34. The molecule has 11 aromatic rings. The van der Waals surface area contributed by atoms with Gasteiger partial charge in [0.05, 0.1) is 45.8 Å². The number of nitrogens with zero attached hydrogens (tertiary/aromatic N) is 4. The van der Waals surface area contributed by atoms with Gasteiger partial charge in [0, 0.05) is 48.6 Å². The molecule has 0 N–H and O–H groups in total. The molecule has 0 amide bonds. The summed E-state index contributed by atoms with van der Waals surface area (Å²) < 4.78 is 5.51. The topological polar surface area (TPSA) is 37.0 Å². The summed E-state index contributed by atoms with van der Waals surface area (Å²) in [6.45, 7) is 37.9. The normalized spacial score (nSPS) is 16.8. The maximum atomic E-state index is 11.6. The predicted octanol–water partition coefficient (Wildman–Crippen LogP) is 21.8. The zero-order chi connectivity index (χ0) is 58.3. The first-order valence-electron chi connectivity index (χ1n) is 33.1. The molecule has 4 nitrogen and oxygen atoms in total. The highest BCUT2D eigenvalue weighted by molar-refractivity contribution is 6.33. The number of hydrogen-bond donors (Lipinski definition) is 0. The van der Waals surface area contributed by atoms with Gasteiger partial charge in [-0.1, -0.05) is 133 Å². The monoisotopic (exact) mass is 1100 g/mol. The first-order valence-corrected chi connectivity index (χ1v) is 33.1. The SMILES string of the molecule is [C-]#[N+]c1cc2c(c3c1C1(CCCC1)CC3)c1cc(-c3c(CC)cc(CC)cc3CC)cc3c4c(CC(C)(C)C)c5c(c(CC(C)(C)C)c4n2c13)c1cc(-c2c(CC)cc(CC)cc2CC)cc2c3c4c(c(C#N)cc3n5c21)C1(CCCC1)CC4. The van der Waals surface area contributed by atoms with Crippen LogP contribution in [0.25, 0.3) is 103 Å². The largest absolute Gasteiger partial charge is 0.309 e. The molecule has 0 unspecified atom stereocenters. The van der Waals surface area contributed by atoms with Crippen molar-refractivity contribution in [2.24, 2.45) is 10.8 Å². The molecule has 4 aliphatic rings. The Kier molecular flexibility index (Phi) is 12.1. The van der Waals surface area contributed by atoms with Crippen molar-refractivity contribution >= 4 is 81.9 Å². The second-order valence-corrected chi connectivity index (χ2v) is 29.6. The Labute approximate surface area is 499 Å². The molecule has 2 fully saturated rings. The minimum absolute atomic E-state index is 0.0822. The molecule has 4 aromatic heterocycles. The molecule has 84 heavy (non-hydrogen) atoms. The van der Waals surface area contributed by atoms with Gasteiger partial charge in [-0.3, -0.25) is 0 Å². The summed E-state index contributed by atoms with van der Waals surface area (Å²) in [7, 11) is 0. The van der Waals surface area contributed by atoms with Crippen molar-refractivity contribution in [2.45, 2.75) is 222 Å². The van der Waals surface area contributed by atoms with E-state index in [1.807, 2.05) is 0 Å². The van der Waals surface area contributed by atoms with E-state index >= 15 is 0 Å². The quantitative estimate of drug-likeness (QED) is 0.126. The van der Waals surface area contributed by atoms with Crippen LogP contribution in [0.3, 0.4) is 0 Å². The van der Waals surface area contributed by atoms with E-state index < -0.39 is 0 Å². The Bertz CT molecular complexity index is 4360. The molecule has 0 saturated heterocycles. The molecule has 426 valence electrons. The van der Waals surface area contributed by atoms with E-state index in [4.69, 9.17) is 6.57 Å². The van der Waals surface area contributed by atoms with E-state index in [-0.39, 0.29) is 21.7 Å². The van der Waals surface area contributed by atoms with Crippen molar-refractivity contribution in [3.05, 3.63) is 144 Å². The van der Waals surface area contributed by atoms with Crippen molar-refractivity contribution < 1.29 is 0 Å². The van der Waals surface area contributed by atoms with Crippen LogP contribution in [-0.4, -0.2) is 8.80 Å². The summed E-state index contributed by atoms with van der Waals surface area (Å²) >= 11 is 0. The Balaban J connectivity index is 1.23. The zero-order valence-electron chi connectivity index (χ0n) is 52.7. The summed E-state index contributed by atoms with van der Waals surface area (Å²) in [6.07, 6.45) is 21.8. The van der Waals surface area contributed by atoms with Gasteiger partial charge in [0.2, 0.25) is 0 Å². The van der Waals surface area contributed by atoms with Crippen LogP contribution in [0.1, 0.15) is 220 Å². The number of hydrogen-bond acceptors (Lipinski definition) is 1. The van der Waals surface area contributed by atoms with Gasteiger partial charge in [0.15, 0.2) is 5.69 Å². The summed E-state index contributed by atoms with van der Waals surface area (Å²) in [5.41, 5.74) is 32.2. The second kappa shape index (κ2) is 18.8. The third-order valence-corrected chi connectivity index (χ3v) is 22.3. The smallest absolute Gasteiger partial charge is 0.193 e. The zero-order valence-corrected chi connectivity index (χ0v) is 52.7. The highest BCUT2D eigenvalue weighted by atomic mass is 15.0.